The largest absolute Gasteiger partial charge is 0.493 e. The molecule has 2 rings (SSSR count). The number of nitrogens with zero attached hydrogens (tertiary/aromatic N) is 1. The van der Waals surface area contributed by atoms with Crippen molar-refractivity contribution in [2.75, 3.05) is 19.5 Å². The highest BCUT2D eigenvalue weighted by atomic mass is 32.1. The van der Waals surface area contributed by atoms with Crippen LogP contribution < -0.4 is 20.2 Å². The molecule has 23 heavy (non-hydrogen) atoms. The van der Waals surface area contributed by atoms with Crippen LogP contribution in [-0.2, 0) is 0 Å². The Labute approximate surface area is 139 Å². The Kier molecular flexibility index (Phi) is 5.87. The molecular weight excluding hydrogens is 317 g/mol. The van der Waals surface area contributed by atoms with Gasteiger partial charge in [-0.1, -0.05) is 18.2 Å². The molecule has 0 saturated carbocycles. The Balaban J connectivity index is 1.96. The molecule has 0 heterocycles. The summed E-state index contributed by atoms with van der Waals surface area (Å²) in [6.07, 6.45) is 1.36. The number of rotatable bonds is 5. The number of thiocarbonyl (C=S) groups is 1. The third-order valence-corrected chi connectivity index (χ3v) is 3.11. The molecule has 0 aliphatic carbocycles. The number of nitrogens with one attached hydrogen (secondary N) is 2. The van der Waals surface area contributed by atoms with E-state index in [4.69, 9.17) is 21.7 Å². The van der Waals surface area contributed by atoms with E-state index in [-0.39, 0.29) is 10.9 Å². The molecule has 0 aromatic heterocycles. The quantitative estimate of drug-likeness (QED) is 0.500. The minimum atomic E-state index is -0.350. The topological polar surface area (TPSA) is 54.9 Å². The van der Waals surface area contributed by atoms with Gasteiger partial charge in [0.15, 0.2) is 16.6 Å². The van der Waals surface area contributed by atoms with Crippen LogP contribution in [0.25, 0.3) is 0 Å². The van der Waals surface area contributed by atoms with E-state index >= 15 is 0 Å². The molecule has 7 heteroatoms. The van der Waals surface area contributed by atoms with Crippen molar-refractivity contribution in [1.82, 2.24) is 5.43 Å². The van der Waals surface area contributed by atoms with Crippen LogP contribution in [0.5, 0.6) is 11.5 Å². The van der Waals surface area contributed by atoms with Crippen LogP contribution >= 0.6 is 12.2 Å². The summed E-state index contributed by atoms with van der Waals surface area (Å²) in [6, 6.07) is 11.6. The van der Waals surface area contributed by atoms with Crippen molar-refractivity contribution in [3.63, 3.8) is 0 Å². The standard InChI is InChI=1S/C16H16FN3O2S/c1-21-14-8-7-12(9-15(14)22-2)19-16(23)20-18-10-11-5-3-4-6-13(11)17/h3-10H,1-2H3,(H2,19,20,23). The van der Waals surface area contributed by atoms with E-state index in [1.165, 1.54) is 12.3 Å². The summed E-state index contributed by atoms with van der Waals surface area (Å²) >= 11 is 5.12. The van der Waals surface area contributed by atoms with Gasteiger partial charge >= 0.3 is 0 Å². The molecule has 120 valence electrons. The SMILES string of the molecule is COc1ccc(NC(=S)NN=Cc2ccccc2F)cc1OC. The van der Waals surface area contributed by atoms with Gasteiger partial charge in [-0.2, -0.15) is 5.10 Å². The first-order chi connectivity index (χ1) is 11.1. The summed E-state index contributed by atoms with van der Waals surface area (Å²) in [4.78, 5) is 0. The van der Waals surface area contributed by atoms with E-state index in [9.17, 15) is 4.39 Å². The van der Waals surface area contributed by atoms with Crippen LogP contribution in [0.1, 0.15) is 5.56 Å². The van der Waals surface area contributed by atoms with Gasteiger partial charge in [0.2, 0.25) is 0 Å². The maximum atomic E-state index is 13.4. The number of benzene rings is 2. The molecule has 5 nitrogen and oxygen atoms in total. The first-order valence-corrected chi connectivity index (χ1v) is 7.11. The van der Waals surface area contributed by atoms with Gasteiger partial charge in [-0.15, -0.1) is 0 Å². The summed E-state index contributed by atoms with van der Waals surface area (Å²) in [6.45, 7) is 0. The van der Waals surface area contributed by atoms with E-state index < -0.39 is 0 Å². The molecule has 0 amide bonds. The van der Waals surface area contributed by atoms with Crippen molar-refractivity contribution in [1.29, 1.82) is 0 Å². The van der Waals surface area contributed by atoms with Gasteiger partial charge in [0.25, 0.3) is 0 Å². The van der Waals surface area contributed by atoms with Crippen LogP contribution in [0.4, 0.5) is 10.1 Å². The highest BCUT2D eigenvalue weighted by Crippen LogP contribution is 2.29. The van der Waals surface area contributed by atoms with Gasteiger partial charge in [-0.25, -0.2) is 4.39 Å². The summed E-state index contributed by atoms with van der Waals surface area (Å²) in [5.74, 6) is 0.849. The number of ether oxygens (including phenoxy) is 2. The van der Waals surface area contributed by atoms with Gasteiger partial charge < -0.3 is 14.8 Å². The molecule has 2 aromatic carbocycles. The third kappa shape index (κ3) is 4.65. The number of halogens is 1. The maximum absolute atomic E-state index is 13.4. The monoisotopic (exact) mass is 333 g/mol. The maximum Gasteiger partial charge on any atom is 0.191 e. The second kappa shape index (κ2) is 8.09. The summed E-state index contributed by atoms with van der Waals surface area (Å²) < 4.78 is 23.8. The van der Waals surface area contributed by atoms with E-state index in [0.717, 1.165) is 0 Å². The Bertz CT molecular complexity index is 722. The van der Waals surface area contributed by atoms with Gasteiger partial charge in [-0.05, 0) is 30.4 Å². The molecule has 0 radical (unpaired) electrons. The lowest BCUT2D eigenvalue weighted by Crippen LogP contribution is -2.23. The summed E-state index contributed by atoms with van der Waals surface area (Å²) in [5.41, 5.74) is 3.70. The number of methoxy groups -OCH3 is 2. The number of hydrazone groups is 1. The number of hydrogen-bond acceptors (Lipinski definition) is 4. The summed E-state index contributed by atoms with van der Waals surface area (Å²) in [7, 11) is 3.12. The van der Waals surface area contributed by atoms with Crippen LogP contribution in [0.15, 0.2) is 47.6 Å². The van der Waals surface area contributed by atoms with Crippen molar-refractivity contribution in [2.45, 2.75) is 0 Å². The molecule has 0 aliphatic rings. The highest BCUT2D eigenvalue weighted by molar-refractivity contribution is 7.80. The minimum Gasteiger partial charge on any atom is -0.493 e. The molecule has 0 spiro atoms. The Morgan fingerprint density at radius 3 is 2.57 bits per heavy atom. The zero-order valence-electron chi connectivity index (χ0n) is 12.7. The fourth-order valence-electron chi connectivity index (χ4n) is 1.81. The molecular formula is C16H16FN3O2S. The molecule has 0 bridgehead atoms. The predicted octanol–water partition coefficient (Wildman–Crippen LogP) is 3.16. The molecule has 2 aromatic rings. The van der Waals surface area contributed by atoms with Crippen molar-refractivity contribution >= 4 is 29.2 Å². The molecule has 0 aliphatic heterocycles. The average molecular weight is 333 g/mol. The fourth-order valence-corrected chi connectivity index (χ4v) is 1.98. The van der Waals surface area contributed by atoms with Gasteiger partial charge in [-0.3, -0.25) is 5.43 Å². The zero-order valence-corrected chi connectivity index (χ0v) is 13.5. The highest BCUT2D eigenvalue weighted by Gasteiger charge is 2.05. The van der Waals surface area contributed by atoms with Crippen LogP contribution in [0, 0.1) is 5.82 Å². The van der Waals surface area contributed by atoms with Gasteiger partial charge in [0.05, 0.1) is 20.4 Å². The molecule has 0 saturated heterocycles. The van der Waals surface area contributed by atoms with Crippen LogP contribution in [0.3, 0.4) is 0 Å². The Morgan fingerprint density at radius 1 is 1.13 bits per heavy atom. The first-order valence-electron chi connectivity index (χ1n) is 6.70. The van der Waals surface area contributed by atoms with E-state index in [1.54, 1.807) is 50.6 Å². The summed E-state index contributed by atoms with van der Waals surface area (Å²) in [5, 5.41) is 7.11. The third-order valence-electron chi connectivity index (χ3n) is 2.92. The fraction of sp³-hybridized carbons (Fsp3) is 0.125. The zero-order chi connectivity index (χ0) is 16.7. The van der Waals surface area contributed by atoms with Crippen molar-refractivity contribution in [3.8, 4) is 11.5 Å². The van der Waals surface area contributed by atoms with E-state index in [1.807, 2.05) is 0 Å². The van der Waals surface area contributed by atoms with Crippen molar-refractivity contribution in [3.05, 3.63) is 53.8 Å². The molecule has 2 N–H and O–H groups in total. The lowest BCUT2D eigenvalue weighted by atomic mass is 10.2. The first kappa shape index (κ1) is 16.7. The van der Waals surface area contributed by atoms with Crippen molar-refractivity contribution in [2.24, 2.45) is 5.10 Å². The normalized spacial score (nSPS) is 10.4. The second-order valence-corrected chi connectivity index (χ2v) is 4.82. The Morgan fingerprint density at radius 2 is 1.87 bits per heavy atom. The smallest absolute Gasteiger partial charge is 0.191 e. The molecule has 0 fully saturated rings. The average Bonchev–Trinajstić information content (AvgIpc) is 2.56. The van der Waals surface area contributed by atoms with Crippen molar-refractivity contribution < 1.29 is 13.9 Å². The van der Waals surface area contributed by atoms with E-state index in [2.05, 4.69) is 15.8 Å². The lowest BCUT2D eigenvalue weighted by Gasteiger charge is -2.11. The van der Waals surface area contributed by atoms with Crippen LogP contribution in [0.2, 0.25) is 0 Å². The van der Waals surface area contributed by atoms with E-state index in [0.29, 0.717) is 22.7 Å². The molecule has 0 unspecified atom stereocenters. The van der Waals surface area contributed by atoms with Crippen LogP contribution in [-0.4, -0.2) is 25.5 Å². The number of anilines is 1. The van der Waals surface area contributed by atoms with Gasteiger partial charge in [0.1, 0.15) is 5.82 Å². The Hall–Kier alpha value is -2.67. The predicted molar refractivity (Wildman–Crippen MR) is 92.9 cm³/mol. The lowest BCUT2D eigenvalue weighted by molar-refractivity contribution is 0.355. The number of hydrogen-bond donors (Lipinski definition) is 2. The minimum absolute atomic E-state index is 0.268. The van der Waals surface area contributed by atoms with Gasteiger partial charge in [0, 0.05) is 17.3 Å². The second-order valence-electron chi connectivity index (χ2n) is 4.42. The molecule has 0 atom stereocenters.